The van der Waals surface area contributed by atoms with Crippen LogP contribution in [0.25, 0.3) is 0 Å². The number of benzene rings is 1. The number of nitrogens with one attached hydrogen (secondary N) is 2. The highest BCUT2D eigenvalue weighted by molar-refractivity contribution is 5.90. The Balaban J connectivity index is 1.95. The van der Waals surface area contributed by atoms with Gasteiger partial charge in [-0.2, -0.15) is 0 Å². The molecule has 1 aromatic carbocycles. The summed E-state index contributed by atoms with van der Waals surface area (Å²) < 4.78 is 0. The molecule has 0 fully saturated rings. The van der Waals surface area contributed by atoms with Gasteiger partial charge in [0.2, 0.25) is 5.91 Å². The molecule has 0 radical (unpaired) electrons. The first-order valence-corrected chi connectivity index (χ1v) is 7.26. The van der Waals surface area contributed by atoms with E-state index < -0.39 is 0 Å². The molecule has 4 nitrogen and oxygen atoms in total. The molecule has 2 N–H and O–H groups in total. The molecule has 0 aliphatic carbocycles. The third-order valence-corrected chi connectivity index (χ3v) is 3.19. The lowest BCUT2D eigenvalue weighted by Gasteiger charge is -2.15. The fourth-order valence-corrected chi connectivity index (χ4v) is 2.05. The number of carbonyl (C=O) groups excluding carboxylic acids is 1. The van der Waals surface area contributed by atoms with Crippen LogP contribution in [-0.2, 0) is 4.79 Å². The average molecular weight is 283 g/mol. The van der Waals surface area contributed by atoms with Crippen LogP contribution in [0, 0.1) is 0 Å². The van der Waals surface area contributed by atoms with Gasteiger partial charge in [0.1, 0.15) is 5.82 Å². The molecule has 0 aliphatic heterocycles. The number of anilines is 2. The van der Waals surface area contributed by atoms with Crippen molar-refractivity contribution in [3.05, 3.63) is 54.2 Å². The summed E-state index contributed by atoms with van der Waals surface area (Å²) in [5, 5.41) is 6.17. The molecule has 0 saturated heterocycles. The Hall–Kier alpha value is -2.36. The Morgan fingerprint density at radius 1 is 1.19 bits per heavy atom. The van der Waals surface area contributed by atoms with E-state index in [0.717, 1.165) is 17.9 Å². The van der Waals surface area contributed by atoms with Crippen LogP contribution in [0.5, 0.6) is 0 Å². The topological polar surface area (TPSA) is 54.0 Å². The van der Waals surface area contributed by atoms with E-state index >= 15 is 0 Å². The van der Waals surface area contributed by atoms with Crippen molar-refractivity contribution < 1.29 is 4.79 Å². The van der Waals surface area contributed by atoms with Gasteiger partial charge in [0.25, 0.3) is 0 Å². The molecule has 2 rings (SSSR count). The van der Waals surface area contributed by atoms with Gasteiger partial charge in [0.05, 0.1) is 11.9 Å². The zero-order valence-corrected chi connectivity index (χ0v) is 12.5. The largest absolute Gasteiger partial charge is 0.364 e. The van der Waals surface area contributed by atoms with Crippen LogP contribution >= 0.6 is 0 Å². The quantitative estimate of drug-likeness (QED) is 0.842. The van der Waals surface area contributed by atoms with Gasteiger partial charge in [0.15, 0.2) is 0 Å². The molecule has 21 heavy (non-hydrogen) atoms. The molecule has 0 saturated carbocycles. The maximum atomic E-state index is 11.5. The van der Waals surface area contributed by atoms with E-state index in [4.69, 9.17) is 0 Å². The number of hydrogen-bond donors (Lipinski definition) is 2. The smallest absolute Gasteiger partial charge is 0.224 e. The minimum Gasteiger partial charge on any atom is -0.364 e. The molecular formula is C17H21N3O. The Bertz CT molecular complexity index is 566. The van der Waals surface area contributed by atoms with E-state index in [1.165, 1.54) is 5.56 Å². The summed E-state index contributed by atoms with van der Waals surface area (Å²) in [6.45, 7) is 4.07. The van der Waals surface area contributed by atoms with Gasteiger partial charge in [-0.1, -0.05) is 37.3 Å². The summed E-state index contributed by atoms with van der Waals surface area (Å²) in [5.41, 5.74) is 1.94. The lowest BCUT2D eigenvalue weighted by atomic mass is 10.1. The SMILES string of the molecule is CCCC(=O)Nc1ccc(NC(C)c2ccccc2)nc1. The molecule has 1 heterocycles. The van der Waals surface area contributed by atoms with Crippen molar-refractivity contribution in [3.8, 4) is 0 Å². The number of aromatic nitrogens is 1. The normalized spacial score (nSPS) is 11.7. The number of carbonyl (C=O) groups is 1. The van der Waals surface area contributed by atoms with Gasteiger partial charge in [-0.25, -0.2) is 4.98 Å². The van der Waals surface area contributed by atoms with Gasteiger partial charge in [-0.15, -0.1) is 0 Å². The van der Waals surface area contributed by atoms with Crippen LogP contribution in [0.3, 0.4) is 0 Å². The predicted octanol–water partition coefficient (Wildman–Crippen LogP) is 3.99. The molecule has 1 amide bonds. The molecule has 4 heteroatoms. The summed E-state index contributed by atoms with van der Waals surface area (Å²) >= 11 is 0. The van der Waals surface area contributed by atoms with Crippen molar-refractivity contribution in [2.24, 2.45) is 0 Å². The molecule has 1 atom stereocenters. The third kappa shape index (κ3) is 4.60. The number of nitrogens with zero attached hydrogens (tertiary/aromatic N) is 1. The number of amides is 1. The van der Waals surface area contributed by atoms with Gasteiger partial charge in [-0.05, 0) is 31.0 Å². The summed E-state index contributed by atoms with van der Waals surface area (Å²) in [6, 6.07) is 14.1. The zero-order valence-electron chi connectivity index (χ0n) is 12.5. The summed E-state index contributed by atoms with van der Waals surface area (Å²) in [5.74, 6) is 0.817. The van der Waals surface area contributed by atoms with Crippen molar-refractivity contribution in [2.75, 3.05) is 10.6 Å². The highest BCUT2D eigenvalue weighted by Gasteiger charge is 2.06. The predicted molar refractivity (Wildman–Crippen MR) is 86.3 cm³/mol. The van der Waals surface area contributed by atoms with E-state index in [2.05, 4.69) is 34.7 Å². The lowest BCUT2D eigenvalue weighted by molar-refractivity contribution is -0.116. The number of pyridine rings is 1. The molecule has 0 spiro atoms. The van der Waals surface area contributed by atoms with Crippen LogP contribution in [0.2, 0.25) is 0 Å². The van der Waals surface area contributed by atoms with E-state index in [9.17, 15) is 4.79 Å². The molecule has 110 valence electrons. The summed E-state index contributed by atoms with van der Waals surface area (Å²) in [7, 11) is 0. The molecular weight excluding hydrogens is 262 g/mol. The van der Waals surface area contributed by atoms with E-state index in [1.54, 1.807) is 6.20 Å². The van der Waals surface area contributed by atoms with Crippen molar-refractivity contribution in [1.29, 1.82) is 0 Å². The van der Waals surface area contributed by atoms with Crippen LogP contribution in [0.1, 0.15) is 38.3 Å². The second-order valence-corrected chi connectivity index (χ2v) is 5.01. The number of hydrogen-bond acceptors (Lipinski definition) is 3. The minimum absolute atomic E-state index is 0.0256. The number of rotatable bonds is 6. The van der Waals surface area contributed by atoms with Crippen LogP contribution in [-0.4, -0.2) is 10.9 Å². The lowest BCUT2D eigenvalue weighted by Crippen LogP contribution is -2.11. The Kier molecular flexibility index (Phi) is 5.32. The first-order chi connectivity index (χ1) is 10.2. The van der Waals surface area contributed by atoms with Crippen molar-refractivity contribution in [1.82, 2.24) is 4.98 Å². The van der Waals surface area contributed by atoms with E-state index in [1.807, 2.05) is 37.3 Å². The highest BCUT2D eigenvalue weighted by Crippen LogP contribution is 2.18. The second kappa shape index (κ2) is 7.43. The third-order valence-electron chi connectivity index (χ3n) is 3.19. The van der Waals surface area contributed by atoms with Gasteiger partial charge < -0.3 is 10.6 Å². The summed E-state index contributed by atoms with van der Waals surface area (Å²) in [4.78, 5) is 15.8. The van der Waals surface area contributed by atoms with Gasteiger partial charge in [0, 0.05) is 12.5 Å². The standard InChI is InChI=1S/C17H21N3O/c1-3-7-17(21)20-15-10-11-16(18-12-15)19-13(2)14-8-5-4-6-9-14/h4-6,8-13H,3,7H2,1-2H3,(H,18,19)(H,20,21). The molecule has 1 unspecified atom stereocenters. The Labute approximate surface area is 125 Å². The second-order valence-electron chi connectivity index (χ2n) is 5.01. The van der Waals surface area contributed by atoms with Crippen LogP contribution in [0.15, 0.2) is 48.7 Å². The fourth-order valence-electron chi connectivity index (χ4n) is 2.05. The van der Waals surface area contributed by atoms with Crippen molar-refractivity contribution in [3.63, 3.8) is 0 Å². The molecule has 2 aromatic rings. The maximum absolute atomic E-state index is 11.5. The molecule has 0 bridgehead atoms. The average Bonchev–Trinajstić information content (AvgIpc) is 2.50. The van der Waals surface area contributed by atoms with Gasteiger partial charge in [-0.3, -0.25) is 4.79 Å². The maximum Gasteiger partial charge on any atom is 0.224 e. The fraction of sp³-hybridized carbons (Fsp3) is 0.294. The minimum atomic E-state index is 0.0256. The van der Waals surface area contributed by atoms with Crippen LogP contribution < -0.4 is 10.6 Å². The van der Waals surface area contributed by atoms with E-state index in [-0.39, 0.29) is 11.9 Å². The Morgan fingerprint density at radius 3 is 2.57 bits per heavy atom. The first-order valence-electron chi connectivity index (χ1n) is 7.26. The monoisotopic (exact) mass is 283 g/mol. The molecule has 1 aromatic heterocycles. The van der Waals surface area contributed by atoms with Crippen LogP contribution in [0.4, 0.5) is 11.5 Å². The summed E-state index contributed by atoms with van der Waals surface area (Å²) in [6.07, 6.45) is 3.05. The van der Waals surface area contributed by atoms with Crippen molar-refractivity contribution >= 4 is 17.4 Å². The van der Waals surface area contributed by atoms with Gasteiger partial charge >= 0.3 is 0 Å². The molecule has 0 aliphatic rings. The Morgan fingerprint density at radius 2 is 1.95 bits per heavy atom. The first kappa shape index (κ1) is 15.0. The van der Waals surface area contributed by atoms with Crippen molar-refractivity contribution in [2.45, 2.75) is 32.7 Å². The van der Waals surface area contributed by atoms with E-state index in [0.29, 0.717) is 6.42 Å². The highest BCUT2D eigenvalue weighted by atomic mass is 16.1. The zero-order chi connectivity index (χ0) is 15.1.